The molecule has 2 N–H and O–H groups in total. The van der Waals surface area contributed by atoms with Crippen molar-refractivity contribution in [3.05, 3.63) is 0 Å². The molecule has 0 aromatic heterocycles. The van der Waals surface area contributed by atoms with Crippen molar-refractivity contribution >= 4 is 0 Å². The Morgan fingerprint density at radius 1 is 1.00 bits per heavy atom. The average Bonchev–Trinajstić information content (AvgIpc) is 2.17. The Hall–Kier alpha value is -0.0400. The summed E-state index contributed by atoms with van der Waals surface area (Å²) in [6.45, 7) is 2.32. The fraction of sp³-hybridized carbons (Fsp3) is 1.00. The lowest BCUT2D eigenvalue weighted by Crippen LogP contribution is -2.18. The Bertz CT molecular complexity index is 112. The van der Waals surface area contributed by atoms with Crippen LogP contribution in [0.4, 0.5) is 0 Å². The highest BCUT2D eigenvalue weighted by Gasteiger charge is 2.11. The highest BCUT2D eigenvalue weighted by Crippen LogP contribution is 2.23. The average molecular weight is 169 g/mol. The molecule has 0 radical (unpaired) electrons. The third-order valence-electron chi connectivity index (χ3n) is 3.20. The van der Waals surface area contributed by atoms with Gasteiger partial charge in [0.25, 0.3) is 0 Å². The van der Waals surface area contributed by atoms with Crippen molar-refractivity contribution in [3.8, 4) is 0 Å². The number of rotatable bonds is 1. The standard InChI is InChI=1S/C11H23N/c1-2-10-6-3-4-8-11(12)9-5-7-10/h10-11H,2-9,12H2,1H3. The molecule has 72 valence electrons. The maximum absolute atomic E-state index is 5.96. The van der Waals surface area contributed by atoms with Gasteiger partial charge in [0.1, 0.15) is 0 Å². The first-order valence-corrected chi connectivity index (χ1v) is 5.58. The largest absolute Gasteiger partial charge is 0.328 e. The molecule has 1 nitrogen and oxygen atoms in total. The zero-order valence-corrected chi connectivity index (χ0v) is 8.39. The van der Waals surface area contributed by atoms with Crippen molar-refractivity contribution in [1.82, 2.24) is 0 Å². The molecule has 0 heterocycles. The second kappa shape index (κ2) is 5.58. The highest BCUT2D eigenvalue weighted by molar-refractivity contribution is 4.67. The first-order chi connectivity index (χ1) is 5.83. The highest BCUT2D eigenvalue weighted by atomic mass is 14.6. The van der Waals surface area contributed by atoms with Crippen LogP contribution in [0.15, 0.2) is 0 Å². The minimum absolute atomic E-state index is 0.501. The van der Waals surface area contributed by atoms with Gasteiger partial charge in [0.2, 0.25) is 0 Å². The van der Waals surface area contributed by atoms with Gasteiger partial charge in [-0.1, -0.05) is 45.4 Å². The van der Waals surface area contributed by atoms with Gasteiger partial charge >= 0.3 is 0 Å². The molecule has 2 atom stereocenters. The van der Waals surface area contributed by atoms with Crippen molar-refractivity contribution in [2.45, 2.75) is 64.3 Å². The number of nitrogens with two attached hydrogens (primary N) is 1. The van der Waals surface area contributed by atoms with Crippen LogP contribution in [0.3, 0.4) is 0 Å². The third kappa shape index (κ3) is 3.57. The second-order valence-electron chi connectivity index (χ2n) is 4.25. The van der Waals surface area contributed by atoms with Crippen molar-refractivity contribution in [1.29, 1.82) is 0 Å². The predicted octanol–water partition coefficient (Wildman–Crippen LogP) is 3.08. The van der Waals surface area contributed by atoms with Gasteiger partial charge in [0.15, 0.2) is 0 Å². The molecule has 1 rings (SSSR count). The van der Waals surface area contributed by atoms with Crippen LogP contribution in [0.25, 0.3) is 0 Å². The smallest absolute Gasteiger partial charge is 0.00388 e. The number of hydrogen-bond acceptors (Lipinski definition) is 1. The first kappa shape index (κ1) is 10.0. The van der Waals surface area contributed by atoms with Crippen LogP contribution in [-0.2, 0) is 0 Å². The van der Waals surface area contributed by atoms with Crippen LogP contribution in [0.5, 0.6) is 0 Å². The summed E-state index contributed by atoms with van der Waals surface area (Å²) in [5.41, 5.74) is 5.96. The van der Waals surface area contributed by atoms with Crippen molar-refractivity contribution in [2.75, 3.05) is 0 Å². The monoisotopic (exact) mass is 169 g/mol. The molecule has 0 aromatic rings. The van der Waals surface area contributed by atoms with Crippen LogP contribution < -0.4 is 5.73 Å². The minimum atomic E-state index is 0.501. The van der Waals surface area contributed by atoms with Gasteiger partial charge in [-0.2, -0.15) is 0 Å². The SMILES string of the molecule is CCC1CCCCC(N)CCC1. The van der Waals surface area contributed by atoms with E-state index in [-0.39, 0.29) is 0 Å². The lowest BCUT2D eigenvalue weighted by Gasteiger charge is -2.12. The van der Waals surface area contributed by atoms with Gasteiger partial charge < -0.3 is 5.73 Å². The summed E-state index contributed by atoms with van der Waals surface area (Å²) in [5, 5.41) is 0. The molecule has 2 unspecified atom stereocenters. The van der Waals surface area contributed by atoms with Crippen LogP contribution in [-0.4, -0.2) is 6.04 Å². The van der Waals surface area contributed by atoms with E-state index in [9.17, 15) is 0 Å². The van der Waals surface area contributed by atoms with Crippen LogP contribution in [0.2, 0.25) is 0 Å². The summed E-state index contributed by atoms with van der Waals surface area (Å²) < 4.78 is 0. The molecule has 1 heteroatoms. The molecule has 0 saturated heterocycles. The molecular formula is C11H23N. The van der Waals surface area contributed by atoms with Gasteiger partial charge in [-0.25, -0.2) is 0 Å². The minimum Gasteiger partial charge on any atom is -0.328 e. The number of hydrogen-bond donors (Lipinski definition) is 1. The van der Waals surface area contributed by atoms with Crippen molar-refractivity contribution in [2.24, 2.45) is 11.7 Å². The van der Waals surface area contributed by atoms with Gasteiger partial charge in [-0.05, 0) is 18.8 Å². The van der Waals surface area contributed by atoms with E-state index in [0.717, 1.165) is 5.92 Å². The molecule has 0 bridgehead atoms. The molecule has 1 saturated carbocycles. The zero-order valence-electron chi connectivity index (χ0n) is 8.39. The molecule has 0 aromatic carbocycles. The lowest BCUT2D eigenvalue weighted by molar-refractivity contribution is 0.414. The predicted molar refractivity (Wildman–Crippen MR) is 54.1 cm³/mol. The quantitative estimate of drug-likeness (QED) is 0.641. The van der Waals surface area contributed by atoms with Crippen LogP contribution >= 0.6 is 0 Å². The van der Waals surface area contributed by atoms with Gasteiger partial charge in [0, 0.05) is 6.04 Å². The van der Waals surface area contributed by atoms with E-state index in [4.69, 9.17) is 5.73 Å². The maximum Gasteiger partial charge on any atom is 0.00388 e. The van der Waals surface area contributed by atoms with Gasteiger partial charge in [-0.15, -0.1) is 0 Å². The summed E-state index contributed by atoms with van der Waals surface area (Å²) in [6.07, 6.45) is 10.9. The van der Waals surface area contributed by atoms with E-state index >= 15 is 0 Å². The Morgan fingerprint density at radius 3 is 2.33 bits per heavy atom. The Morgan fingerprint density at radius 2 is 1.58 bits per heavy atom. The van der Waals surface area contributed by atoms with E-state index in [2.05, 4.69) is 6.92 Å². The summed E-state index contributed by atoms with van der Waals surface area (Å²) in [6, 6.07) is 0.501. The molecule has 12 heavy (non-hydrogen) atoms. The first-order valence-electron chi connectivity index (χ1n) is 5.58. The summed E-state index contributed by atoms with van der Waals surface area (Å²) in [7, 11) is 0. The van der Waals surface area contributed by atoms with Gasteiger partial charge in [-0.3, -0.25) is 0 Å². The molecule has 0 spiro atoms. The Kier molecular flexibility index (Phi) is 4.67. The van der Waals surface area contributed by atoms with E-state index in [1.54, 1.807) is 0 Å². The molecule has 1 fully saturated rings. The van der Waals surface area contributed by atoms with E-state index < -0.39 is 0 Å². The summed E-state index contributed by atoms with van der Waals surface area (Å²) in [4.78, 5) is 0. The fourth-order valence-electron chi connectivity index (χ4n) is 2.21. The third-order valence-corrected chi connectivity index (χ3v) is 3.20. The van der Waals surface area contributed by atoms with E-state index in [0.29, 0.717) is 6.04 Å². The summed E-state index contributed by atoms with van der Waals surface area (Å²) in [5.74, 6) is 0.996. The molecule has 0 amide bonds. The molecule has 1 aliphatic rings. The molecule has 1 aliphatic carbocycles. The van der Waals surface area contributed by atoms with Crippen LogP contribution in [0.1, 0.15) is 58.3 Å². The molecular weight excluding hydrogens is 146 g/mol. The Balaban J connectivity index is 2.26. The zero-order chi connectivity index (χ0) is 8.81. The second-order valence-corrected chi connectivity index (χ2v) is 4.25. The van der Waals surface area contributed by atoms with Crippen LogP contribution in [0, 0.1) is 5.92 Å². The molecule has 0 aliphatic heterocycles. The van der Waals surface area contributed by atoms with E-state index in [1.165, 1.54) is 51.4 Å². The normalized spacial score (nSPS) is 33.5. The fourth-order valence-corrected chi connectivity index (χ4v) is 2.21. The van der Waals surface area contributed by atoms with Crippen molar-refractivity contribution < 1.29 is 0 Å². The van der Waals surface area contributed by atoms with Gasteiger partial charge in [0.05, 0.1) is 0 Å². The summed E-state index contributed by atoms with van der Waals surface area (Å²) >= 11 is 0. The van der Waals surface area contributed by atoms with Crippen molar-refractivity contribution in [3.63, 3.8) is 0 Å². The lowest BCUT2D eigenvalue weighted by atomic mass is 9.95. The van der Waals surface area contributed by atoms with E-state index in [1.807, 2.05) is 0 Å². The Labute approximate surface area is 76.7 Å². The topological polar surface area (TPSA) is 26.0 Å². The maximum atomic E-state index is 5.96.